The zero-order valence-electron chi connectivity index (χ0n) is 13.0. The van der Waals surface area contributed by atoms with Crippen LogP contribution in [-0.2, 0) is 0 Å². The number of piperidine rings is 1. The monoisotopic (exact) mass is 269 g/mol. The molecule has 0 aliphatic carbocycles. The van der Waals surface area contributed by atoms with Crippen LogP contribution in [0, 0.1) is 0 Å². The molecular formula is C15H31N3O. The first-order chi connectivity index (χ1) is 9.22. The maximum absolute atomic E-state index is 12.4. The molecule has 0 aromatic rings. The molecule has 0 unspecified atom stereocenters. The van der Waals surface area contributed by atoms with E-state index in [2.05, 4.69) is 25.7 Å². The van der Waals surface area contributed by atoms with Gasteiger partial charge in [-0.15, -0.1) is 0 Å². The maximum Gasteiger partial charge on any atom is 0.319 e. The Balaban J connectivity index is 2.33. The summed E-state index contributed by atoms with van der Waals surface area (Å²) in [4.78, 5) is 18.8. The van der Waals surface area contributed by atoms with Gasteiger partial charge in [0, 0.05) is 26.2 Å². The van der Waals surface area contributed by atoms with Crippen molar-refractivity contribution in [1.29, 1.82) is 0 Å². The van der Waals surface area contributed by atoms with E-state index in [4.69, 9.17) is 0 Å². The topological polar surface area (TPSA) is 26.8 Å². The van der Waals surface area contributed by atoms with Gasteiger partial charge in [0.15, 0.2) is 0 Å². The van der Waals surface area contributed by atoms with Crippen molar-refractivity contribution < 1.29 is 4.79 Å². The molecule has 0 atom stereocenters. The second kappa shape index (κ2) is 9.18. The molecule has 1 heterocycles. The molecule has 0 N–H and O–H groups in total. The van der Waals surface area contributed by atoms with Crippen LogP contribution >= 0.6 is 0 Å². The Kier molecular flexibility index (Phi) is 7.87. The van der Waals surface area contributed by atoms with E-state index in [-0.39, 0.29) is 6.03 Å². The number of likely N-dealkylation sites (tertiary alicyclic amines) is 1. The van der Waals surface area contributed by atoms with Gasteiger partial charge in [-0.05, 0) is 52.2 Å². The summed E-state index contributed by atoms with van der Waals surface area (Å²) in [5, 5.41) is 0. The lowest BCUT2D eigenvalue weighted by molar-refractivity contribution is 0.143. The van der Waals surface area contributed by atoms with Crippen molar-refractivity contribution in [3.05, 3.63) is 0 Å². The Bertz CT molecular complexity index is 248. The Morgan fingerprint density at radius 3 is 2.11 bits per heavy atom. The highest BCUT2D eigenvalue weighted by Gasteiger charge is 2.21. The Morgan fingerprint density at radius 2 is 1.58 bits per heavy atom. The van der Waals surface area contributed by atoms with Crippen LogP contribution in [0.5, 0.6) is 0 Å². The predicted molar refractivity (Wildman–Crippen MR) is 80.5 cm³/mol. The summed E-state index contributed by atoms with van der Waals surface area (Å²) in [6.07, 6.45) is 4.69. The Labute approximate surface area is 118 Å². The van der Waals surface area contributed by atoms with Gasteiger partial charge in [0.05, 0.1) is 0 Å². The normalized spacial score (nSPS) is 15.9. The van der Waals surface area contributed by atoms with Crippen molar-refractivity contribution >= 4 is 6.03 Å². The van der Waals surface area contributed by atoms with E-state index in [1.165, 1.54) is 19.3 Å². The highest BCUT2D eigenvalue weighted by molar-refractivity contribution is 5.74. The van der Waals surface area contributed by atoms with E-state index in [0.29, 0.717) is 0 Å². The molecule has 0 bridgehead atoms. The molecule has 112 valence electrons. The minimum atomic E-state index is 0.252. The lowest BCUT2D eigenvalue weighted by Crippen LogP contribution is -2.46. The molecule has 0 aromatic heterocycles. The van der Waals surface area contributed by atoms with Crippen molar-refractivity contribution in [3.8, 4) is 0 Å². The summed E-state index contributed by atoms with van der Waals surface area (Å²) in [5.41, 5.74) is 0. The number of amides is 2. The number of urea groups is 1. The molecule has 1 aliphatic heterocycles. The third-order valence-electron chi connectivity index (χ3n) is 4.08. The fraction of sp³-hybridized carbons (Fsp3) is 0.933. The number of carbonyl (C=O) groups is 1. The van der Waals surface area contributed by atoms with Crippen molar-refractivity contribution in [3.63, 3.8) is 0 Å². The highest BCUT2D eigenvalue weighted by atomic mass is 16.2. The van der Waals surface area contributed by atoms with E-state index >= 15 is 0 Å². The SMILES string of the molecule is CCN(CC)CCCN(CC)C(=O)N1CCCCC1. The second-order valence-electron chi connectivity index (χ2n) is 5.29. The highest BCUT2D eigenvalue weighted by Crippen LogP contribution is 2.11. The smallest absolute Gasteiger partial charge is 0.319 e. The lowest BCUT2D eigenvalue weighted by atomic mass is 10.1. The summed E-state index contributed by atoms with van der Waals surface area (Å²) in [7, 11) is 0. The second-order valence-corrected chi connectivity index (χ2v) is 5.29. The van der Waals surface area contributed by atoms with E-state index in [0.717, 1.165) is 52.2 Å². The summed E-state index contributed by atoms with van der Waals surface area (Å²) in [6.45, 7) is 13.4. The van der Waals surface area contributed by atoms with E-state index in [1.54, 1.807) is 0 Å². The molecule has 4 nitrogen and oxygen atoms in total. The van der Waals surface area contributed by atoms with Gasteiger partial charge < -0.3 is 14.7 Å². The van der Waals surface area contributed by atoms with Gasteiger partial charge in [0.2, 0.25) is 0 Å². The molecule has 1 rings (SSSR count). The minimum Gasteiger partial charge on any atom is -0.325 e. The summed E-state index contributed by atoms with van der Waals surface area (Å²) < 4.78 is 0. The van der Waals surface area contributed by atoms with Gasteiger partial charge in [0.25, 0.3) is 0 Å². The molecular weight excluding hydrogens is 238 g/mol. The number of carbonyl (C=O) groups excluding carboxylic acids is 1. The molecule has 0 radical (unpaired) electrons. The fourth-order valence-corrected chi connectivity index (χ4v) is 2.70. The van der Waals surface area contributed by atoms with Crippen LogP contribution in [0.15, 0.2) is 0 Å². The van der Waals surface area contributed by atoms with Gasteiger partial charge in [-0.25, -0.2) is 4.79 Å². The summed E-state index contributed by atoms with van der Waals surface area (Å²) in [5.74, 6) is 0. The molecule has 0 spiro atoms. The first-order valence-corrected chi connectivity index (χ1v) is 7.99. The molecule has 1 fully saturated rings. The third-order valence-corrected chi connectivity index (χ3v) is 4.08. The van der Waals surface area contributed by atoms with Crippen molar-refractivity contribution in [2.24, 2.45) is 0 Å². The predicted octanol–water partition coefficient (Wildman–Crippen LogP) is 2.65. The average Bonchev–Trinajstić information content (AvgIpc) is 2.48. The van der Waals surface area contributed by atoms with Crippen molar-refractivity contribution in [2.75, 3.05) is 45.8 Å². The minimum absolute atomic E-state index is 0.252. The van der Waals surface area contributed by atoms with Crippen LogP contribution in [0.25, 0.3) is 0 Å². The van der Waals surface area contributed by atoms with Gasteiger partial charge in [-0.1, -0.05) is 13.8 Å². The van der Waals surface area contributed by atoms with Crippen LogP contribution in [-0.4, -0.2) is 66.5 Å². The molecule has 0 aromatic carbocycles. The number of hydrogen-bond donors (Lipinski definition) is 0. The van der Waals surface area contributed by atoms with Crippen LogP contribution in [0.3, 0.4) is 0 Å². The lowest BCUT2D eigenvalue weighted by Gasteiger charge is -2.33. The summed E-state index contributed by atoms with van der Waals surface area (Å²) >= 11 is 0. The van der Waals surface area contributed by atoms with Crippen molar-refractivity contribution in [2.45, 2.75) is 46.5 Å². The van der Waals surface area contributed by atoms with Gasteiger partial charge >= 0.3 is 6.03 Å². The largest absolute Gasteiger partial charge is 0.325 e. The molecule has 2 amide bonds. The van der Waals surface area contributed by atoms with E-state index in [9.17, 15) is 4.79 Å². The average molecular weight is 269 g/mol. The van der Waals surface area contributed by atoms with Crippen molar-refractivity contribution in [1.82, 2.24) is 14.7 Å². The zero-order valence-corrected chi connectivity index (χ0v) is 13.0. The van der Waals surface area contributed by atoms with Gasteiger partial charge in [0.1, 0.15) is 0 Å². The van der Waals surface area contributed by atoms with Crippen LogP contribution in [0.1, 0.15) is 46.5 Å². The fourth-order valence-electron chi connectivity index (χ4n) is 2.70. The Hall–Kier alpha value is -0.770. The van der Waals surface area contributed by atoms with Crippen LogP contribution in [0.4, 0.5) is 4.79 Å². The number of nitrogens with zero attached hydrogens (tertiary/aromatic N) is 3. The molecule has 1 saturated heterocycles. The molecule has 19 heavy (non-hydrogen) atoms. The molecule has 1 aliphatic rings. The number of hydrogen-bond acceptors (Lipinski definition) is 2. The molecule has 4 heteroatoms. The summed E-state index contributed by atoms with van der Waals surface area (Å²) in [6, 6.07) is 0.252. The zero-order chi connectivity index (χ0) is 14.1. The molecule has 0 saturated carbocycles. The maximum atomic E-state index is 12.4. The van der Waals surface area contributed by atoms with E-state index < -0.39 is 0 Å². The van der Waals surface area contributed by atoms with Crippen LogP contribution in [0.2, 0.25) is 0 Å². The Morgan fingerprint density at radius 1 is 0.947 bits per heavy atom. The van der Waals surface area contributed by atoms with Crippen LogP contribution < -0.4 is 0 Å². The van der Waals surface area contributed by atoms with Gasteiger partial charge in [-0.2, -0.15) is 0 Å². The first-order valence-electron chi connectivity index (χ1n) is 7.99. The third kappa shape index (κ3) is 5.39. The standard InChI is InChI=1S/C15H31N3O/c1-4-16(5-2)11-10-14-17(6-3)15(19)18-12-8-7-9-13-18/h4-14H2,1-3H3. The van der Waals surface area contributed by atoms with E-state index in [1.807, 2.05) is 9.80 Å². The first kappa shape index (κ1) is 16.3. The number of rotatable bonds is 7. The van der Waals surface area contributed by atoms with Gasteiger partial charge in [-0.3, -0.25) is 0 Å². The quantitative estimate of drug-likeness (QED) is 0.710.